The van der Waals surface area contributed by atoms with Crippen molar-refractivity contribution in [2.45, 2.75) is 33.1 Å². The molecule has 1 atom stereocenters. The highest BCUT2D eigenvalue weighted by atomic mass is 79.9. The molecule has 0 radical (unpaired) electrons. The number of anilines is 1. The number of likely N-dealkylation sites (tertiary alicyclic amines) is 1. The van der Waals surface area contributed by atoms with Crippen molar-refractivity contribution in [1.82, 2.24) is 4.90 Å². The van der Waals surface area contributed by atoms with Crippen molar-refractivity contribution in [3.63, 3.8) is 0 Å². The fourth-order valence-electron chi connectivity index (χ4n) is 3.61. The fraction of sp³-hybridized carbons (Fsp3) is 0.529. The Morgan fingerprint density at radius 2 is 2.18 bits per heavy atom. The molecule has 5 heteroatoms. The minimum absolute atomic E-state index is 0.102. The molecule has 118 valence electrons. The number of fused-ring (bicyclic) bond motifs is 1. The van der Waals surface area contributed by atoms with Gasteiger partial charge >= 0.3 is 0 Å². The minimum atomic E-state index is -0.193. The van der Waals surface area contributed by atoms with E-state index in [9.17, 15) is 9.59 Å². The third kappa shape index (κ3) is 2.67. The molecule has 2 aliphatic rings. The first kappa shape index (κ1) is 15.5. The average Bonchev–Trinajstić information content (AvgIpc) is 2.86. The van der Waals surface area contributed by atoms with Gasteiger partial charge in [0.15, 0.2) is 0 Å². The SMILES string of the molecule is CCN1CC(C(=O)N2CCCc3cc(Br)cc(C)c32)CC1=O. The Bertz CT molecular complexity index is 629. The molecule has 2 amide bonds. The van der Waals surface area contributed by atoms with Gasteiger partial charge < -0.3 is 9.80 Å². The molecule has 1 fully saturated rings. The third-order valence-electron chi connectivity index (χ3n) is 4.65. The summed E-state index contributed by atoms with van der Waals surface area (Å²) >= 11 is 3.53. The average molecular weight is 365 g/mol. The van der Waals surface area contributed by atoms with Crippen molar-refractivity contribution in [3.05, 3.63) is 27.7 Å². The first-order chi connectivity index (χ1) is 10.5. The lowest BCUT2D eigenvalue weighted by atomic mass is 9.96. The van der Waals surface area contributed by atoms with Gasteiger partial charge in [-0.05, 0) is 49.9 Å². The van der Waals surface area contributed by atoms with Crippen LogP contribution < -0.4 is 4.90 Å². The molecule has 0 saturated carbocycles. The van der Waals surface area contributed by atoms with Crippen molar-refractivity contribution in [2.24, 2.45) is 5.92 Å². The highest BCUT2D eigenvalue weighted by molar-refractivity contribution is 9.10. The topological polar surface area (TPSA) is 40.6 Å². The maximum Gasteiger partial charge on any atom is 0.232 e. The molecular formula is C17H21BrN2O2. The molecule has 0 aromatic heterocycles. The number of benzene rings is 1. The lowest BCUT2D eigenvalue weighted by Gasteiger charge is -2.33. The van der Waals surface area contributed by atoms with E-state index in [4.69, 9.17) is 0 Å². The summed E-state index contributed by atoms with van der Waals surface area (Å²) < 4.78 is 1.06. The molecule has 1 aromatic carbocycles. The van der Waals surface area contributed by atoms with E-state index < -0.39 is 0 Å². The number of rotatable bonds is 2. The van der Waals surface area contributed by atoms with Crippen molar-refractivity contribution >= 4 is 33.4 Å². The smallest absolute Gasteiger partial charge is 0.232 e. The van der Waals surface area contributed by atoms with Crippen molar-refractivity contribution in [2.75, 3.05) is 24.5 Å². The number of carbonyl (C=O) groups is 2. The standard InChI is InChI=1S/C17H21BrN2O2/c1-3-19-10-13(9-15(19)21)17(22)20-6-4-5-12-8-14(18)7-11(2)16(12)20/h7-8,13H,3-6,9-10H2,1-2H3. The van der Waals surface area contributed by atoms with Crippen molar-refractivity contribution < 1.29 is 9.59 Å². The number of carbonyl (C=O) groups excluding carboxylic acids is 2. The Kier molecular flexibility index (Phi) is 4.26. The Balaban J connectivity index is 1.88. The van der Waals surface area contributed by atoms with Gasteiger partial charge in [0.05, 0.1) is 5.92 Å². The predicted octanol–water partition coefficient (Wildman–Crippen LogP) is 2.91. The second-order valence-electron chi connectivity index (χ2n) is 6.16. The van der Waals surface area contributed by atoms with E-state index in [1.165, 1.54) is 5.56 Å². The van der Waals surface area contributed by atoms with Gasteiger partial charge in [-0.3, -0.25) is 9.59 Å². The first-order valence-electron chi connectivity index (χ1n) is 7.89. The van der Waals surface area contributed by atoms with Crippen molar-refractivity contribution in [1.29, 1.82) is 0 Å². The van der Waals surface area contributed by atoms with Crippen LogP contribution in [0, 0.1) is 12.8 Å². The van der Waals surface area contributed by atoms with E-state index in [1.54, 1.807) is 4.90 Å². The van der Waals surface area contributed by atoms with Crippen LogP contribution in [0.2, 0.25) is 0 Å². The zero-order chi connectivity index (χ0) is 15.9. The quantitative estimate of drug-likeness (QED) is 0.809. The third-order valence-corrected chi connectivity index (χ3v) is 5.11. The lowest BCUT2D eigenvalue weighted by Crippen LogP contribution is -2.41. The van der Waals surface area contributed by atoms with Crippen LogP contribution in [-0.2, 0) is 16.0 Å². The number of aryl methyl sites for hydroxylation is 2. The summed E-state index contributed by atoms with van der Waals surface area (Å²) in [5, 5.41) is 0. The molecule has 2 aliphatic heterocycles. The maximum atomic E-state index is 12.9. The molecule has 22 heavy (non-hydrogen) atoms. The number of hydrogen-bond acceptors (Lipinski definition) is 2. The molecule has 0 spiro atoms. The van der Waals surface area contributed by atoms with E-state index in [0.29, 0.717) is 19.5 Å². The number of nitrogens with zero attached hydrogens (tertiary/aromatic N) is 2. The van der Waals surface area contributed by atoms with Crippen LogP contribution >= 0.6 is 15.9 Å². The van der Waals surface area contributed by atoms with E-state index in [1.807, 2.05) is 18.7 Å². The fourth-order valence-corrected chi connectivity index (χ4v) is 4.22. The number of amides is 2. The summed E-state index contributed by atoms with van der Waals surface area (Å²) in [6, 6.07) is 4.17. The van der Waals surface area contributed by atoms with E-state index >= 15 is 0 Å². The summed E-state index contributed by atoms with van der Waals surface area (Å²) in [4.78, 5) is 28.5. The molecule has 4 nitrogen and oxygen atoms in total. The van der Waals surface area contributed by atoms with Gasteiger partial charge in [0, 0.05) is 36.2 Å². The highest BCUT2D eigenvalue weighted by Crippen LogP contribution is 2.35. The predicted molar refractivity (Wildman–Crippen MR) is 89.9 cm³/mol. The van der Waals surface area contributed by atoms with Crippen molar-refractivity contribution in [3.8, 4) is 0 Å². The molecule has 0 N–H and O–H groups in total. The van der Waals surface area contributed by atoms with E-state index in [0.717, 1.165) is 35.1 Å². The second kappa shape index (κ2) is 6.03. The highest BCUT2D eigenvalue weighted by Gasteiger charge is 2.37. The Labute approximate surface area is 139 Å². The normalized spacial score (nSPS) is 21.2. The van der Waals surface area contributed by atoms with Crippen LogP contribution in [-0.4, -0.2) is 36.3 Å². The number of hydrogen-bond donors (Lipinski definition) is 0. The van der Waals surface area contributed by atoms with Gasteiger partial charge in [0.1, 0.15) is 0 Å². The molecule has 1 aromatic rings. The summed E-state index contributed by atoms with van der Waals surface area (Å²) in [6.45, 7) is 6.02. The molecule has 1 saturated heterocycles. The molecule has 0 bridgehead atoms. The van der Waals surface area contributed by atoms with Gasteiger partial charge in [0.25, 0.3) is 0 Å². The molecule has 0 aliphatic carbocycles. The molecule has 3 rings (SSSR count). The van der Waals surface area contributed by atoms with Gasteiger partial charge in [-0.1, -0.05) is 15.9 Å². The summed E-state index contributed by atoms with van der Waals surface area (Å²) in [5.41, 5.74) is 3.40. The maximum absolute atomic E-state index is 12.9. The van der Waals surface area contributed by atoms with Crippen LogP contribution in [0.1, 0.15) is 30.9 Å². The minimum Gasteiger partial charge on any atom is -0.342 e. The monoisotopic (exact) mass is 364 g/mol. The zero-order valence-corrected chi connectivity index (χ0v) is 14.6. The Morgan fingerprint density at radius 3 is 2.86 bits per heavy atom. The van der Waals surface area contributed by atoms with Gasteiger partial charge in [-0.25, -0.2) is 0 Å². The van der Waals surface area contributed by atoms with Crippen LogP contribution in [0.5, 0.6) is 0 Å². The summed E-state index contributed by atoms with van der Waals surface area (Å²) in [5.74, 6) is 0.0164. The van der Waals surface area contributed by atoms with E-state index in [-0.39, 0.29) is 17.7 Å². The zero-order valence-electron chi connectivity index (χ0n) is 13.1. The van der Waals surface area contributed by atoms with Crippen LogP contribution in [0.3, 0.4) is 0 Å². The van der Waals surface area contributed by atoms with Gasteiger partial charge in [-0.2, -0.15) is 0 Å². The largest absolute Gasteiger partial charge is 0.342 e. The lowest BCUT2D eigenvalue weighted by molar-refractivity contribution is -0.128. The van der Waals surface area contributed by atoms with Crippen LogP contribution in [0.25, 0.3) is 0 Å². The summed E-state index contributed by atoms with van der Waals surface area (Å²) in [7, 11) is 0. The Hall–Kier alpha value is -1.36. The first-order valence-corrected chi connectivity index (χ1v) is 8.68. The van der Waals surface area contributed by atoms with Crippen LogP contribution in [0.15, 0.2) is 16.6 Å². The second-order valence-corrected chi connectivity index (χ2v) is 7.07. The molecule has 1 unspecified atom stereocenters. The van der Waals surface area contributed by atoms with Gasteiger partial charge in [-0.15, -0.1) is 0 Å². The summed E-state index contributed by atoms with van der Waals surface area (Å²) in [6.07, 6.45) is 2.34. The molecular weight excluding hydrogens is 344 g/mol. The number of halogens is 1. The Morgan fingerprint density at radius 1 is 1.41 bits per heavy atom. The van der Waals surface area contributed by atoms with Gasteiger partial charge in [0.2, 0.25) is 11.8 Å². The van der Waals surface area contributed by atoms with E-state index in [2.05, 4.69) is 28.1 Å². The molecule has 2 heterocycles. The van der Waals surface area contributed by atoms with Crippen LogP contribution in [0.4, 0.5) is 5.69 Å².